The molecule has 0 aliphatic carbocycles. The molecule has 8 heteroatoms. The number of methoxy groups -OCH3 is 1. The molecule has 0 radical (unpaired) electrons. The van der Waals surface area contributed by atoms with Crippen LogP contribution in [-0.2, 0) is 15.7 Å². The molecule has 0 saturated carbocycles. The first-order valence-corrected chi connectivity index (χ1v) is 3.76. The number of nitrogens with zero attached hydrogens (tertiary/aromatic N) is 1. The lowest BCUT2D eigenvalue weighted by Gasteiger charge is -1.98. The van der Waals surface area contributed by atoms with Gasteiger partial charge in [0.15, 0.2) is 5.69 Å². The summed E-state index contributed by atoms with van der Waals surface area (Å²) in [5.41, 5.74) is -1.20. The van der Waals surface area contributed by atoms with Crippen LogP contribution in [0.1, 0.15) is 5.69 Å². The molecule has 0 spiro atoms. The number of hydrogen-bond acceptors (Lipinski definition) is 4. The Kier molecular flexibility index (Phi) is 3.30. The molecule has 1 amide bonds. The first kappa shape index (κ1) is 11.5. The minimum absolute atomic E-state index is 0.276. The van der Waals surface area contributed by atoms with E-state index in [1.54, 1.807) is 0 Å². The second-order valence-electron chi connectivity index (χ2n) is 2.56. The van der Waals surface area contributed by atoms with Crippen molar-refractivity contribution in [3.8, 4) is 0 Å². The first-order chi connectivity index (χ1) is 6.93. The van der Waals surface area contributed by atoms with E-state index in [1.807, 2.05) is 5.32 Å². The second-order valence-corrected chi connectivity index (χ2v) is 2.56. The highest BCUT2D eigenvalue weighted by molar-refractivity contribution is 5.90. The predicted octanol–water partition coefficient (Wildman–Crippen LogP) is 1.28. The van der Waals surface area contributed by atoms with Crippen molar-refractivity contribution < 1.29 is 27.2 Å². The molecule has 15 heavy (non-hydrogen) atoms. The Morgan fingerprint density at radius 3 is 2.80 bits per heavy atom. The highest BCUT2D eigenvalue weighted by Gasteiger charge is 2.35. The van der Waals surface area contributed by atoms with Crippen molar-refractivity contribution in [2.24, 2.45) is 0 Å². The van der Waals surface area contributed by atoms with Crippen molar-refractivity contribution in [3.05, 3.63) is 11.8 Å². The maximum Gasteiger partial charge on any atom is 0.436 e. The van der Waals surface area contributed by atoms with Crippen LogP contribution in [-0.4, -0.2) is 24.8 Å². The molecule has 1 rings (SSSR count). The largest absolute Gasteiger partial charge is 0.436 e. The molecule has 0 aliphatic rings. The van der Waals surface area contributed by atoms with Crippen LogP contribution in [0.2, 0.25) is 0 Å². The lowest BCUT2D eigenvalue weighted by atomic mass is 10.4. The van der Waals surface area contributed by atoms with Crippen LogP contribution >= 0.6 is 0 Å². The van der Waals surface area contributed by atoms with Crippen LogP contribution in [0.25, 0.3) is 0 Å². The van der Waals surface area contributed by atoms with Crippen LogP contribution in [0.5, 0.6) is 0 Å². The van der Waals surface area contributed by atoms with Gasteiger partial charge in [-0.1, -0.05) is 5.16 Å². The van der Waals surface area contributed by atoms with Crippen LogP contribution in [0.3, 0.4) is 0 Å². The highest BCUT2D eigenvalue weighted by atomic mass is 19.4. The molecule has 1 aromatic rings. The second kappa shape index (κ2) is 4.30. The van der Waals surface area contributed by atoms with Crippen LogP contribution < -0.4 is 5.32 Å². The number of nitrogens with one attached hydrogen (secondary N) is 1. The summed E-state index contributed by atoms with van der Waals surface area (Å²) < 4.78 is 44.8. The van der Waals surface area contributed by atoms with Crippen molar-refractivity contribution in [1.29, 1.82) is 0 Å². The van der Waals surface area contributed by atoms with E-state index in [2.05, 4.69) is 14.4 Å². The van der Waals surface area contributed by atoms with Crippen molar-refractivity contribution >= 4 is 11.8 Å². The number of halogens is 3. The molecule has 0 fully saturated rings. The van der Waals surface area contributed by atoms with Gasteiger partial charge in [-0.2, -0.15) is 13.2 Å². The van der Waals surface area contributed by atoms with Gasteiger partial charge in [-0.25, -0.2) is 0 Å². The van der Waals surface area contributed by atoms with Crippen molar-refractivity contribution in [2.75, 3.05) is 19.0 Å². The summed E-state index contributed by atoms with van der Waals surface area (Å²) >= 11 is 0. The lowest BCUT2D eigenvalue weighted by molar-refractivity contribution is -0.142. The molecule has 0 bridgehead atoms. The Balaban J connectivity index is 2.65. The topological polar surface area (TPSA) is 64.4 Å². The van der Waals surface area contributed by atoms with E-state index >= 15 is 0 Å². The van der Waals surface area contributed by atoms with Crippen LogP contribution in [0.15, 0.2) is 10.6 Å². The molecule has 84 valence electrons. The molecule has 1 N–H and O–H groups in total. The predicted molar refractivity (Wildman–Crippen MR) is 42.0 cm³/mol. The Bertz CT molecular complexity index is 347. The van der Waals surface area contributed by atoms with Gasteiger partial charge in [-0.15, -0.1) is 0 Å². The molecule has 1 heterocycles. The van der Waals surface area contributed by atoms with Gasteiger partial charge in [0.2, 0.25) is 5.88 Å². The monoisotopic (exact) mass is 224 g/mol. The summed E-state index contributed by atoms with van der Waals surface area (Å²) in [5.74, 6) is -0.994. The third-order valence-corrected chi connectivity index (χ3v) is 1.34. The Morgan fingerprint density at radius 1 is 1.67 bits per heavy atom. The minimum atomic E-state index is -4.59. The zero-order valence-electron chi connectivity index (χ0n) is 7.59. The van der Waals surface area contributed by atoms with Gasteiger partial charge in [0.05, 0.1) is 0 Å². The number of rotatable bonds is 3. The van der Waals surface area contributed by atoms with E-state index < -0.39 is 17.8 Å². The number of alkyl halides is 3. The molecule has 0 aliphatic heterocycles. The van der Waals surface area contributed by atoms with Gasteiger partial charge in [0.25, 0.3) is 5.91 Å². The number of anilines is 1. The maximum absolute atomic E-state index is 12.0. The molecular formula is C7H7F3N2O3. The highest BCUT2D eigenvalue weighted by Crippen LogP contribution is 2.29. The lowest BCUT2D eigenvalue weighted by Crippen LogP contribution is -2.16. The van der Waals surface area contributed by atoms with Gasteiger partial charge in [0, 0.05) is 13.2 Å². The fourth-order valence-corrected chi connectivity index (χ4v) is 0.772. The zero-order valence-corrected chi connectivity index (χ0v) is 7.59. The third kappa shape index (κ3) is 3.24. The normalized spacial score (nSPS) is 11.5. The molecule has 0 aromatic carbocycles. The Morgan fingerprint density at radius 2 is 2.33 bits per heavy atom. The van der Waals surface area contributed by atoms with Crippen molar-refractivity contribution in [3.63, 3.8) is 0 Å². The SMILES string of the molecule is COCC(=O)Nc1cc(C(F)(F)F)no1. The van der Waals surface area contributed by atoms with E-state index in [4.69, 9.17) is 0 Å². The minimum Gasteiger partial charge on any atom is -0.375 e. The number of carbonyl (C=O) groups excluding carboxylic acids is 1. The van der Waals surface area contributed by atoms with Crippen molar-refractivity contribution in [1.82, 2.24) is 5.16 Å². The number of ether oxygens (including phenoxy) is 1. The fraction of sp³-hybridized carbons (Fsp3) is 0.429. The molecule has 0 saturated heterocycles. The molecule has 1 aromatic heterocycles. The van der Waals surface area contributed by atoms with Crippen LogP contribution in [0.4, 0.5) is 19.1 Å². The molecule has 0 unspecified atom stereocenters. The Labute approximate surface area is 82.2 Å². The first-order valence-electron chi connectivity index (χ1n) is 3.76. The number of amides is 1. The maximum atomic E-state index is 12.0. The van der Waals surface area contributed by atoms with Gasteiger partial charge in [-0.05, 0) is 0 Å². The van der Waals surface area contributed by atoms with E-state index in [9.17, 15) is 18.0 Å². The third-order valence-electron chi connectivity index (χ3n) is 1.34. The summed E-state index contributed by atoms with van der Waals surface area (Å²) in [6, 6.07) is 0.591. The van der Waals surface area contributed by atoms with Gasteiger partial charge in [-0.3, -0.25) is 10.1 Å². The number of carbonyl (C=O) groups is 1. The van der Waals surface area contributed by atoms with E-state index in [-0.39, 0.29) is 12.5 Å². The standard InChI is InChI=1S/C7H7F3N2O3/c1-14-3-5(13)11-6-2-4(12-15-6)7(8,9)10/h2H,3H2,1H3,(H,11,13). The number of aromatic nitrogens is 1. The van der Waals surface area contributed by atoms with E-state index in [1.165, 1.54) is 7.11 Å². The summed E-state index contributed by atoms with van der Waals surface area (Å²) in [6.07, 6.45) is -4.59. The van der Waals surface area contributed by atoms with Crippen molar-refractivity contribution in [2.45, 2.75) is 6.18 Å². The molecule has 0 atom stereocenters. The summed E-state index contributed by atoms with van der Waals surface area (Å²) in [4.78, 5) is 10.9. The summed E-state index contributed by atoms with van der Waals surface area (Å²) in [7, 11) is 1.28. The summed E-state index contributed by atoms with van der Waals surface area (Å²) in [5, 5.41) is 4.79. The zero-order chi connectivity index (χ0) is 11.5. The fourth-order valence-electron chi connectivity index (χ4n) is 0.772. The van der Waals surface area contributed by atoms with E-state index in [0.29, 0.717) is 6.07 Å². The smallest absolute Gasteiger partial charge is 0.375 e. The molecule has 5 nitrogen and oxygen atoms in total. The van der Waals surface area contributed by atoms with Gasteiger partial charge in [0.1, 0.15) is 6.61 Å². The average Bonchev–Trinajstić information content (AvgIpc) is 2.52. The Hall–Kier alpha value is -1.57. The summed E-state index contributed by atoms with van der Waals surface area (Å²) in [6.45, 7) is -0.276. The quantitative estimate of drug-likeness (QED) is 0.839. The van der Waals surface area contributed by atoms with E-state index in [0.717, 1.165) is 0 Å². The molecular weight excluding hydrogens is 217 g/mol. The number of hydrogen-bond donors (Lipinski definition) is 1. The van der Waals surface area contributed by atoms with Gasteiger partial charge < -0.3 is 9.26 Å². The van der Waals surface area contributed by atoms with Crippen LogP contribution in [0, 0.1) is 0 Å². The average molecular weight is 224 g/mol. The van der Waals surface area contributed by atoms with Gasteiger partial charge >= 0.3 is 6.18 Å².